The van der Waals surface area contributed by atoms with Crippen LogP contribution in [0.5, 0.6) is 11.6 Å². The van der Waals surface area contributed by atoms with Crippen molar-refractivity contribution in [3.05, 3.63) is 71.7 Å². The van der Waals surface area contributed by atoms with Crippen molar-refractivity contribution in [2.24, 2.45) is 0 Å². The third-order valence-corrected chi connectivity index (χ3v) is 4.66. The molecule has 1 unspecified atom stereocenters. The molecule has 0 aliphatic heterocycles. The number of aliphatic hydroxyl groups excluding tert-OH is 1. The molecule has 6 nitrogen and oxygen atoms in total. The maximum atomic E-state index is 13.7. The minimum atomic E-state index is -0.487. The zero-order valence-electron chi connectivity index (χ0n) is 17.6. The van der Waals surface area contributed by atoms with Gasteiger partial charge < -0.3 is 14.6 Å². The van der Waals surface area contributed by atoms with Gasteiger partial charge in [-0.1, -0.05) is 24.3 Å². The van der Waals surface area contributed by atoms with Gasteiger partial charge in [-0.3, -0.25) is 4.90 Å². The van der Waals surface area contributed by atoms with Gasteiger partial charge in [0.2, 0.25) is 5.88 Å². The molecular weight excluding hydrogens is 385 g/mol. The van der Waals surface area contributed by atoms with E-state index >= 15 is 0 Å². The average molecular weight is 413 g/mol. The molecule has 1 N–H and O–H groups in total. The number of aromatic nitrogens is 2. The van der Waals surface area contributed by atoms with Crippen LogP contribution in [-0.4, -0.2) is 52.7 Å². The van der Waals surface area contributed by atoms with E-state index in [2.05, 4.69) is 10.00 Å². The van der Waals surface area contributed by atoms with Crippen molar-refractivity contribution in [3.63, 3.8) is 0 Å². The number of methoxy groups -OCH3 is 1. The van der Waals surface area contributed by atoms with Crippen molar-refractivity contribution in [1.82, 2.24) is 14.7 Å². The fourth-order valence-electron chi connectivity index (χ4n) is 3.26. The van der Waals surface area contributed by atoms with Crippen LogP contribution < -0.4 is 4.74 Å². The van der Waals surface area contributed by atoms with Gasteiger partial charge >= 0.3 is 0 Å². The number of benzene rings is 2. The summed E-state index contributed by atoms with van der Waals surface area (Å²) in [4.78, 5) is 2.09. The van der Waals surface area contributed by atoms with E-state index in [9.17, 15) is 9.50 Å². The summed E-state index contributed by atoms with van der Waals surface area (Å²) in [7, 11) is 1.65. The molecule has 0 saturated carbocycles. The summed E-state index contributed by atoms with van der Waals surface area (Å²) < 4.78 is 26.8. The lowest BCUT2D eigenvalue weighted by molar-refractivity contribution is 0.0934. The van der Waals surface area contributed by atoms with Gasteiger partial charge in [0, 0.05) is 32.8 Å². The van der Waals surface area contributed by atoms with Gasteiger partial charge in [-0.05, 0) is 38.1 Å². The molecule has 0 aliphatic carbocycles. The Morgan fingerprint density at radius 2 is 1.93 bits per heavy atom. The van der Waals surface area contributed by atoms with E-state index in [-0.39, 0.29) is 5.82 Å². The first-order chi connectivity index (χ1) is 14.5. The largest absolute Gasteiger partial charge is 0.438 e. The molecule has 0 bridgehead atoms. The van der Waals surface area contributed by atoms with Gasteiger partial charge in [0.1, 0.15) is 11.6 Å². The number of nitrogens with zero attached hydrogens (tertiary/aromatic N) is 3. The summed E-state index contributed by atoms with van der Waals surface area (Å²) in [5, 5.41) is 14.6. The second-order valence-corrected chi connectivity index (χ2v) is 7.25. The Kier molecular flexibility index (Phi) is 7.57. The zero-order valence-corrected chi connectivity index (χ0v) is 17.6. The normalized spacial score (nSPS) is 12.3. The molecule has 1 atom stereocenters. The van der Waals surface area contributed by atoms with Gasteiger partial charge in [0.25, 0.3) is 0 Å². The smallest absolute Gasteiger partial charge is 0.227 e. The monoisotopic (exact) mass is 413 g/mol. The number of hydrogen-bond acceptors (Lipinski definition) is 5. The number of hydrogen-bond donors (Lipinski definition) is 1. The van der Waals surface area contributed by atoms with Crippen LogP contribution in [0.15, 0.2) is 54.6 Å². The topological polar surface area (TPSA) is 59.8 Å². The molecule has 7 heteroatoms. The predicted octanol–water partition coefficient (Wildman–Crippen LogP) is 3.94. The van der Waals surface area contributed by atoms with Crippen molar-refractivity contribution >= 4 is 0 Å². The quantitative estimate of drug-likeness (QED) is 0.546. The van der Waals surface area contributed by atoms with Crippen LogP contribution in [0.3, 0.4) is 0 Å². The molecule has 160 valence electrons. The Hall–Kier alpha value is -2.74. The highest BCUT2D eigenvalue weighted by molar-refractivity contribution is 5.43. The first kappa shape index (κ1) is 22.0. The van der Waals surface area contributed by atoms with Crippen LogP contribution in [0.2, 0.25) is 0 Å². The van der Waals surface area contributed by atoms with E-state index in [4.69, 9.17) is 9.47 Å². The summed E-state index contributed by atoms with van der Waals surface area (Å²) in [5.74, 6) is 0.553. The third-order valence-electron chi connectivity index (χ3n) is 4.66. The molecule has 0 radical (unpaired) electrons. The number of aryl methyl sites for hydroxylation is 1. The first-order valence-corrected chi connectivity index (χ1v) is 9.94. The van der Waals surface area contributed by atoms with Crippen molar-refractivity contribution < 1.29 is 19.0 Å². The zero-order chi connectivity index (χ0) is 21.5. The molecule has 0 amide bonds. The molecule has 0 spiro atoms. The standard InChI is InChI=1S/C23H28FN3O3/c1-17(28)15-26(12-13-29-3)16-22-18(2)25-27(20-9-5-4-6-10-20)23(22)30-21-11-7-8-19(24)14-21/h4-11,14,17,28H,12-13,15-16H2,1-3H3. The molecule has 1 aromatic heterocycles. The van der Waals surface area contributed by atoms with Crippen molar-refractivity contribution in [2.45, 2.75) is 26.5 Å². The summed E-state index contributed by atoms with van der Waals surface area (Å²) >= 11 is 0. The van der Waals surface area contributed by atoms with Gasteiger partial charge in [-0.25, -0.2) is 9.07 Å². The number of para-hydroxylation sites is 1. The Labute approximate surface area is 176 Å². The molecule has 0 saturated heterocycles. The van der Waals surface area contributed by atoms with Crippen molar-refractivity contribution in [2.75, 3.05) is 26.8 Å². The lowest BCUT2D eigenvalue weighted by Gasteiger charge is -2.23. The second-order valence-electron chi connectivity index (χ2n) is 7.25. The fraction of sp³-hybridized carbons (Fsp3) is 0.348. The molecule has 3 aromatic rings. The molecule has 0 aliphatic rings. The Morgan fingerprint density at radius 1 is 1.17 bits per heavy atom. The van der Waals surface area contributed by atoms with Crippen LogP contribution in [0, 0.1) is 12.7 Å². The summed E-state index contributed by atoms with van der Waals surface area (Å²) in [6.45, 7) is 5.86. The number of ether oxygens (including phenoxy) is 2. The number of rotatable bonds is 10. The summed E-state index contributed by atoms with van der Waals surface area (Å²) in [5.41, 5.74) is 2.52. The van der Waals surface area contributed by atoms with Gasteiger partial charge in [-0.15, -0.1) is 0 Å². The Balaban J connectivity index is 2.01. The van der Waals surface area contributed by atoms with E-state index in [1.807, 2.05) is 37.3 Å². The maximum Gasteiger partial charge on any atom is 0.227 e. The van der Waals surface area contributed by atoms with Crippen LogP contribution in [0.4, 0.5) is 4.39 Å². The number of aliphatic hydroxyl groups is 1. The van der Waals surface area contributed by atoms with E-state index in [0.717, 1.165) is 16.9 Å². The van der Waals surface area contributed by atoms with Crippen LogP contribution in [-0.2, 0) is 11.3 Å². The highest BCUT2D eigenvalue weighted by atomic mass is 19.1. The van der Waals surface area contributed by atoms with Crippen molar-refractivity contribution in [3.8, 4) is 17.3 Å². The summed E-state index contributed by atoms with van der Waals surface area (Å²) in [6.07, 6.45) is -0.487. The molecule has 1 heterocycles. The van der Waals surface area contributed by atoms with Gasteiger partial charge in [-0.2, -0.15) is 5.10 Å². The molecule has 3 rings (SSSR count). The van der Waals surface area contributed by atoms with E-state index < -0.39 is 6.10 Å². The van der Waals surface area contributed by atoms with Crippen LogP contribution in [0.25, 0.3) is 5.69 Å². The van der Waals surface area contributed by atoms with Crippen LogP contribution >= 0.6 is 0 Å². The SMILES string of the molecule is COCCN(Cc1c(C)nn(-c2ccccc2)c1Oc1cccc(F)c1)CC(C)O. The lowest BCUT2D eigenvalue weighted by atomic mass is 10.2. The third kappa shape index (κ3) is 5.66. The second kappa shape index (κ2) is 10.3. The molecular formula is C23H28FN3O3. The van der Waals surface area contributed by atoms with Crippen molar-refractivity contribution in [1.29, 1.82) is 0 Å². The fourth-order valence-corrected chi connectivity index (χ4v) is 3.26. The van der Waals surface area contributed by atoms with E-state index in [1.165, 1.54) is 12.1 Å². The van der Waals surface area contributed by atoms with Crippen LogP contribution in [0.1, 0.15) is 18.2 Å². The lowest BCUT2D eigenvalue weighted by Crippen LogP contribution is -2.33. The Bertz CT molecular complexity index is 944. The average Bonchev–Trinajstić information content (AvgIpc) is 3.02. The number of halogens is 1. The highest BCUT2D eigenvalue weighted by Crippen LogP contribution is 2.31. The van der Waals surface area contributed by atoms with Gasteiger partial charge in [0.05, 0.1) is 29.7 Å². The van der Waals surface area contributed by atoms with E-state index in [1.54, 1.807) is 30.8 Å². The Morgan fingerprint density at radius 3 is 2.60 bits per heavy atom. The molecule has 0 fully saturated rings. The predicted molar refractivity (Wildman–Crippen MR) is 114 cm³/mol. The first-order valence-electron chi connectivity index (χ1n) is 9.94. The molecule has 2 aromatic carbocycles. The minimum absolute atomic E-state index is 0.368. The van der Waals surface area contributed by atoms with Gasteiger partial charge in [0.15, 0.2) is 0 Å². The van der Waals surface area contributed by atoms with E-state index in [0.29, 0.717) is 37.9 Å². The maximum absolute atomic E-state index is 13.7. The highest BCUT2D eigenvalue weighted by Gasteiger charge is 2.22. The molecule has 30 heavy (non-hydrogen) atoms. The minimum Gasteiger partial charge on any atom is -0.438 e. The summed E-state index contributed by atoms with van der Waals surface area (Å²) in [6, 6.07) is 15.7.